The Bertz CT molecular complexity index is 396. The molecule has 2 rings (SSSR count). The SMILES string of the molecule is C=C(C)OC.CC.CC.CCC1=C(C)CC2(CC(C)=C(C)C2)C1. The fourth-order valence-electron chi connectivity index (χ4n) is 3.52. The summed E-state index contributed by atoms with van der Waals surface area (Å²) in [5.41, 5.74) is 7.39. The van der Waals surface area contributed by atoms with Gasteiger partial charge in [0, 0.05) is 0 Å². The van der Waals surface area contributed by atoms with E-state index in [1.165, 1.54) is 32.1 Å². The molecule has 1 nitrogen and oxygen atoms in total. The lowest BCUT2D eigenvalue weighted by atomic mass is 9.80. The Morgan fingerprint density at radius 3 is 1.52 bits per heavy atom. The van der Waals surface area contributed by atoms with Crippen molar-refractivity contribution >= 4 is 0 Å². The molecule has 0 saturated heterocycles. The van der Waals surface area contributed by atoms with Crippen LogP contribution in [-0.2, 0) is 4.74 Å². The lowest BCUT2D eigenvalue weighted by molar-refractivity contribution is 0.295. The molecule has 0 unspecified atom stereocenters. The summed E-state index contributed by atoms with van der Waals surface area (Å²) in [6, 6.07) is 0. The maximum Gasteiger partial charge on any atom is 0.0853 e. The summed E-state index contributed by atoms with van der Waals surface area (Å²) < 4.78 is 4.56. The Balaban J connectivity index is 0. The van der Waals surface area contributed by atoms with E-state index in [0.717, 1.165) is 5.76 Å². The van der Waals surface area contributed by atoms with E-state index < -0.39 is 0 Å². The van der Waals surface area contributed by atoms with Gasteiger partial charge in [0.2, 0.25) is 0 Å². The molecule has 0 bridgehead atoms. The van der Waals surface area contributed by atoms with Crippen molar-refractivity contribution in [2.45, 2.75) is 94.4 Å². The minimum atomic E-state index is 0.629. The van der Waals surface area contributed by atoms with E-state index >= 15 is 0 Å². The fraction of sp³-hybridized carbons (Fsp3) is 0.727. The van der Waals surface area contributed by atoms with Gasteiger partial charge in [-0.2, -0.15) is 0 Å². The second kappa shape index (κ2) is 12.4. The van der Waals surface area contributed by atoms with Crippen LogP contribution in [0.3, 0.4) is 0 Å². The summed E-state index contributed by atoms with van der Waals surface area (Å²) in [7, 11) is 1.60. The van der Waals surface area contributed by atoms with E-state index in [0.29, 0.717) is 5.41 Å². The van der Waals surface area contributed by atoms with Gasteiger partial charge in [-0.15, -0.1) is 0 Å². The third-order valence-electron chi connectivity index (χ3n) is 4.62. The molecule has 0 aromatic carbocycles. The third kappa shape index (κ3) is 7.90. The summed E-state index contributed by atoms with van der Waals surface area (Å²) in [6.45, 7) is 22.6. The Kier molecular flexibility index (Phi) is 13.1. The molecule has 2 aliphatic carbocycles. The summed E-state index contributed by atoms with van der Waals surface area (Å²) in [6.07, 6.45) is 6.74. The van der Waals surface area contributed by atoms with Gasteiger partial charge in [0.05, 0.1) is 12.9 Å². The van der Waals surface area contributed by atoms with Crippen LogP contribution in [0.15, 0.2) is 34.6 Å². The van der Waals surface area contributed by atoms with Crippen molar-refractivity contribution in [2.75, 3.05) is 7.11 Å². The molecule has 0 amide bonds. The van der Waals surface area contributed by atoms with Gasteiger partial charge in [0.15, 0.2) is 0 Å². The molecule has 0 fully saturated rings. The predicted octanol–water partition coefficient (Wildman–Crippen LogP) is 7.84. The molecule has 0 heterocycles. The number of allylic oxidation sites excluding steroid dienone is 5. The molecule has 0 atom stereocenters. The minimum absolute atomic E-state index is 0.629. The van der Waals surface area contributed by atoms with Gasteiger partial charge in [-0.25, -0.2) is 0 Å². The molecular weight excluding hydrogens is 280 g/mol. The molecule has 0 aromatic heterocycles. The van der Waals surface area contributed by atoms with Crippen molar-refractivity contribution in [1.29, 1.82) is 0 Å². The zero-order valence-electron chi connectivity index (χ0n) is 17.7. The van der Waals surface area contributed by atoms with Crippen LogP contribution in [0.2, 0.25) is 0 Å². The van der Waals surface area contributed by atoms with Crippen molar-refractivity contribution in [1.82, 2.24) is 0 Å². The Morgan fingerprint density at radius 1 is 0.913 bits per heavy atom. The monoisotopic (exact) mass is 322 g/mol. The maximum atomic E-state index is 4.56. The van der Waals surface area contributed by atoms with Crippen LogP contribution in [0, 0.1) is 5.41 Å². The number of rotatable bonds is 2. The Morgan fingerprint density at radius 2 is 1.26 bits per heavy atom. The predicted molar refractivity (Wildman–Crippen MR) is 107 cm³/mol. The highest BCUT2D eigenvalue weighted by Gasteiger charge is 2.40. The zero-order chi connectivity index (χ0) is 18.6. The normalized spacial score (nSPS) is 17.7. The molecule has 2 aliphatic rings. The molecule has 0 aliphatic heterocycles. The topological polar surface area (TPSA) is 9.23 Å². The second-order valence-electron chi connectivity index (χ2n) is 6.41. The number of methoxy groups -OCH3 is 1. The van der Waals surface area contributed by atoms with Crippen LogP contribution in [0.4, 0.5) is 0 Å². The zero-order valence-corrected chi connectivity index (χ0v) is 17.7. The first-order valence-electron chi connectivity index (χ1n) is 9.36. The van der Waals surface area contributed by atoms with Crippen LogP contribution in [0.1, 0.15) is 94.4 Å². The minimum Gasteiger partial charge on any atom is -0.502 e. The highest BCUT2D eigenvalue weighted by Crippen LogP contribution is 2.54. The maximum absolute atomic E-state index is 4.56. The van der Waals surface area contributed by atoms with E-state index in [-0.39, 0.29) is 0 Å². The third-order valence-corrected chi connectivity index (χ3v) is 4.62. The highest BCUT2D eigenvalue weighted by atomic mass is 16.5. The quantitative estimate of drug-likeness (QED) is 0.371. The van der Waals surface area contributed by atoms with Gasteiger partial charge in [-0.3, -0.25) is 0 Å². The van der Waals surface area contributed by atoms with Gasteiger partial charge in [-0.05, 0) is 65.2 Å². The van der Waals surface area contributed by atoms with Crippen LogP contribution < -0.4 is 0 Å². The van der Waals surface area contributed by atoms with Gasteiger partial charge < -0.3 is 4.74 Å². The number of hydrogen-bond acceptors (Lipinski definition) is 1. The fourth-order valence-corrected chi connectivity index (χ4v) is 3.52. The Hall–Kier alpha value is -0.980. The summed E-state index contributed by atoms with van der Waals surface area (Å²) in [5, 5.41) is 0. The van der Waals surface area contributed by atoms with Gasteiger partial charge in [0.1, 0.15) is 0 Å². The highest BCUT2D eigenvalue weighted by molar-refractivity contribution is 5.31. The number of hydrogen-bond donors (Lipinski definition) is 0. The van der Waals surface area contributed by atoms with Crippen molar-refractivity contribution in [3.05, 3.63) is 34.6 Å². The molecule has 1 heteroatoms. The number of ether oxygens (including phenoxy) is 1. The molecule has 1 spiro atoms. The van der Waals surface area contributed by atoms with E-state index in [4.69, 9.17) is 0 Å². The van der Waals surface area contributed by atoms with Crippen molar-refractivity contribution in [3.63, 3.8) is 0 Å². The van der Waals surface area contributed by atoms with Crippen molar-refractivity contribution < 1.29 is 4.74 Å². The van der Waals surface area contributed by atoms with E-state index in [1.54, 1.807) is 36.3 Å². The lowest BCUT2D eigenvalue weighted by Crippen LogP contribution is -2.13. The average molecular weight is 323 g/mol. The van der Waals surface area contributed by atoms with Crippen LogP contribution in [0.5, 0.6) is 0 Å². The van der Waals surface area contributed by atoms with E-state index in [2.05, 4.69) is 39.0 Å². The van der Waals surface area contributed by atoms with Crippen molar-refractivity contribution in [3.8, 4) is 0 Å². The van der Waals surface area contributed by atoms with Gasteiger partial charge >= 0.3 is 0 Å². The first-order valence-corrected chi connectivity index (χ1v) is 9.36. The van der Waals surface area contributed by atoms with Crippen LogP contribution >= 0.6 is 0 Å². The molecule has 0 saturated carbocycles. The van der Waals surface area contributed by atoms with E-state index in [1.807, 2.05) is 27.7 Å². The first-order chi connectivity index (χ1) is 10.8. The van der Waals surface area contributed by atoms with Crippen LogP contribution in [-0.4, -0.2) is 7.11 Å². The van der Waals surface area contributed by atoms with Crippen molar-refractivity contribution in [2.24, 2.45) is 5.41 Å². The lowest BCUT2D eigenvalue weighted by Gasteiger charge is -2.24. The molecule has 0 aromatic rings. The standard InChI is InChI=1S/C14H22.C4H8O.2C2H6/c1-5-13-9-14(8-12(13)4)6-10(2)11(3)7-14;1-4(2)5-3;2*1-2/h5-9H2,1-4H3;1H2,2-3H3;2*1-2H3. The molecule has 0 N–H and O–H groups in total. The molecule has 136 valence electrons. The summed E-state index contributed by atoms with van der Waals surface area (Å²) >= 11 is 0. The Labute approximate surface area is 146 Å². The summed E-state index contributed by atoms with van der Waals surface area (Å²) in [4.78, 5) is 0. The largest absolute Gasteiger partial charge is 0.502 e. The molecular formula is C22H42O. The van der Waals surface area contributed by atoms with Gasteiger partial charge in [0.25, 0.3) is 0 Å². The second-order valence-corrected chi connectivity index (χ2v) is 6.41. The first kappa shape index (κ1) is 24.3. The van der Waals surface area contributed by atoms with E-state index in [9.17, 15) is 0 Å². The average Bonchev–Trinajstić information content (AvgIpc) is 3.01. The van der Waals surface area contributed by atoms with Gasteiger partial charge in [-0.1, -0.05) is 63.5 Å². The summed E-state index contributed by atoms with van der Waals surface area (Å²) in [5.74, 6) is 0.755. The molecule has 0 radical (unpaired) electrons. The molecule has 23 heavy (non-hydrogen) atoms. The van der Waals surface area contributed by atoms with Crippen LogP contribution in [0.25, 0.3) is 0 Å². The smallest absolute Gasteiger partial charge is 0.0853 e.